The molecule has 2 aliphatic rings. The van der Waals surface area contributed by atoms with E-state index < -0.39 is 0 Å². The van der Waals surface area contributed by atoms with Crippen LogP contribution in [0.3, 0.4) is 0 Å². The number of nitrogens with one attached hydrogen (secondary N) is 3. The number of carbonyl (C=O) groups is 2. The van der Waals surface area contributed by atoms with E-state index in [0.29, 0.717) is 71.1 Å². The lowest BCUT2D eigenvalue weighted by Gasteiger charge is -2.16. The number of carbonyl (C=O) groups excluding carboxylic acids is 2. The molecular weight excluding hydrogens is 422 g/mol. The second-order valence-corrected chi connectivity index (χ2v) is 8.58. The van der Waals surface area contributed by atoms with Gasteiger partial charge < -0.3 is 34.9 Å². The van der Waals surface area contributed by atoms with E-state index in [-0.39, 0.29) is 24.0 Å². The molecule has 31 heavy (non-hydrogen) atoms. The van der Waals surface area contributed by atoms with E-state index in [1.54, 1.807) is 0 Å². The summed E-state index contributed by atoms with van der Waals surface area (Å²) in [5.41, 5.74) is 0. The molecular formula is C21H35N3O6S. The van der Waals surface area contributed by atoms with Crippen LogP contribution in [0.5, 0.6) is 0 Å². The molecule has 0 radical (unpaired) electrons. The van der Waals surface area contributed by atoms with Gasteiger partial charge in [-0.15, -0.1) is 6.42 Å². The normalized spacial score (nSPS) is 21.9. The van der Waals surface area contributed by atoms with E-state index >= 15 is 0 Å². The lowest BCUT2D eigenvalue weighted by atomic mass is 10.0. The number of ether oxygens (including phenoxy) is 4. The Kier molecular flexibility index (Phi) is 13.4. The average Bonchev–Trinajstić information content (AvgIpc) is 3.30. The topological polar surface area (TPSA) is 107 Å². The Morgan fingerprint density at radius 2 is 1.71 bits per heavy atom. The fraction of sp³-hybridized carbons (Fsp3) is 0.810. The maximum atomic E-state index is 11.9. The molecule has 0 saturated carbocycles. The van der Waals surface area contributed by atoms with Crippen LogP contribution in [0.2, 0.25) is 0 Å². The first-order valence-corrected chi connectivity index (χ1v) is 12.0. The molecule has 2 heterocycles. The van der Waals surface area contributed by atoms with E-state index in [0.717, 1.165) is 25.0 Å². The number of amides is 3. The molecule has 3 amide bonds. The van der Waals surface area contributed by atoms with Gasteiger partial charge >= 0.3 is 6.03 Å². The van der Waals surface area contributed by atoms with Gasteiger partial charge in [0.25, 0.3) is 0 Å². The fourth-order valence-corrected chi connectivity index (χ4v) is 4.96. The maximum Gasteiger partial charge on any atom is 0.315 e. The van der Waals surface area contributed by atoms with Crippen molar-refractivity contribution in [3.8, 4) is 12.3 Å². The first kappa shape index (κ1) is 25.7. The van der Waals surface area contributed by atoms with Gasteiger partial charge in [0.1, 0.15) is 6.61 Å². The molecule has 3 N–H and O–H groups in total. The first-order valence-electron chi connectivity index (χ1n) is 10.9. The quantitative estimate of drug-likeness (QED) is 0.157. The minimum atomic E-state index is -0.0548. The highest BCUT2D eigenvalue weighted by Gasteiger charge is 2.42. The summed E-state index contributed by atoms with van der Waals surface area (Å²) in [6, 6.07) is 0.439. The van der Waals surface area contributed by atoms with Crippen LogP contribution in [0.25, 0.3) is 0 Å². The van der Waals surface area contributed by atoms with Crippen molar-refractivity contribution in [3.63, 3.8) is 0 Å². The van der Waals surface area contributed by atoms with Crippen molar-refractivity contribution in [1.29, 1.82) is 0 Å². The molecule has 0 aromatic heterocycles. The molecule has 9 nitrogen and oxygen atoms in total. The van der Waals surface area contributed by atoms with Gasteiger partial charge in [-0.2, -0.15) is 11.8 Å². The van der Waals surface area contributed by atoms with E-state index in [9.17, 15) is 9.59 Å². The molecule has 0 aromatic rings. The largest absolute Gasteiger partial charge is 0.377 e. The monoisotopic (exact) mass is 457 g/mol. The van der Waals surface area contributed by atoms with Gasteiger partial charge in [0, 0.05) is 24.0 Å². The first-order chi connectivity index (χ1) is 15.2. The number of rotatable bonds is 18. The standard InChI is InChI=1S/C21H35N3O6S/c1-2-8-27-10-12-29-14-15-30-13-11-28-9-7-22-19(25)6-4-3-5-18-20-17(16-31-18)23-21(26)24-20/h1,17-18,20H,3-16H2,(H,22,25)(H2,23,24,26). The predicted molar refractivity (Wildman–Crippen MR) is 119 cm³/mol. The number of fused-ring (bicyclic) bond motifs is 1. The van der Waals surface area contributed by atoms with Crippen LogP contribution in [0.1, 0.15) is 25.7 Å². The Balaban J connectivity index is 1.30. The summed E-state index contributed by atoms with van der Waals surface area (Å²) >= 11 is 1.90. The number of hydrogen-bond acceptors (Lipinski definition) is 7. The highest BCUT2D eigenvalue weighted by molar-refractivity contribution is 8.00. The van der Waals surface area contributed by atoms with Crippen molar-refractivity contribution < 1.29 is 28.5 Å². The zero-order valence-electron chi connectivity index (χ0n) is 18.1. The summed E-state index contributed by atoms with van der Waals surface area (Å²) in [4.78, 5) is 23.3. The zero-order valence-corrected chi connectivity index (χ0v) is 18.9. The third-order valence-corrected chi connectivity index (χ3v) is 6.46. The predicted octanol–water partition coefficient (Wildman–Crippen LogP) is 0.528. The van der Waals surface area contributed by atoms with E-state index in [4.69, 9.17) is 25.4 Å². The molecule has 0 bridgehead atoms. The molecule has 2 saturated heterocycles. The van der Waals surface area contributed by atoms with Crippen molar-refractivity contribution >= 4 is 23.7 Å². The lowest BCUT2D eigenvalue weighted by Crippen LogP contribution is -2.36. The Morgan fingerprint density at radius 1 is 1.03 bits per heavy atom. The molecule has 0 aromatic carbocycles. The van der Waals surface area contributed by atoms with Gasteiger partial charge in [0.2, 0.25) is 5.91 Å². The third kappa shape index (κ3) is 11.1. The van der Waals surface area contributed by atoms with Crippen molar-refractivity contribution in [2.45, 2.75) is 43.0 Å². The van der Waals surface area contributed by atoms with Crippen LogP contribution in [0.15, 0.2) is 0 Å². The van der Waals surface area contributed by atoms with Gasteiger partial charge in [-0.1, -0.05) is 12.3 Å². The van der Waals surface area contributed by atoms with Crippen molar-refractivity contribution in [1.82, 2.24) is 16.0 Å². The van der Waals surface area contributed by atoms with Crippen molar-refractivity contribution in [2.75, 3.05) is 65.2 Å². The Labute approximate surface area is 189 Å². The lowest BCUT2D eigenvalue weighted by molar-refractivity contribution is -0.121. The van der Waals surface area contributed by atoms with Crippen LogP contribution in [0, 0.1) is 12.3 Å². The third-order valence-electron chi connectivity index (χ3n) is 4.95. The minimum absolute atomic E-state index is 0.0519. The van der Waals surface area contributed by atoms with E-state index in [2.05, 4.69) is 21.9 Å². The van der Waals surface area contributed by atoms with Crippen molar-refractivity contribution in [2.24, 2.45) is 0 Å². The number of terminal acetylenes is 1. The molecule has 2 fully saturated rings. The zero-order chi connectivity index (χ0) is 22.2. The van der Waals surface area contributed by atoms with E-state index in [1.165, 1.54) is 0 Å². The van der Waals surface area contributed by atoms with Gasteiger partial charge in [-0.3, -0.25) is 4.79 Å². The van der Waals surface area contributed by atoms with E-state index in [1.807, 2.05) is 11.8 Å². The highest BCUT2D eigenvalue weighted by atomic mass is 32.2. The van der Waals surface area contributed by atoms with Crippen molar-refractivity contribution in [3.05, 3.63) is 0 Å². The van der Waals surface area contributed by atoms with Gasteiger partial charge in [-0.25, -0.2) is 4.79 Å². The van der Waals surface area contributed by atoms with Gasteiger partial charge in [0.05, 0.1) is 58.3 Å². The summed E-state index contributed by atoms with van der Waals surface area (Å²) in [7, 11) is 0. The number of urea groups is 1. The average molecular weight is 458 g/mol. The van der Waals surface area contributed by atoms with Crippen LogP contribution < -0.4 is 16.0 Å². The second-order valence-electron chi connectivity index (χ2n) is 7.31. The summed E-state index contributed by atoms with van der Waals surface area (Å²) in [6.07, 6.45) is 8.45. The van der Waals surface area contributed by atoms with Gasteiger partial charge in [0.15, 0.2) is 0 Å². The summed E-state index contributed by atoms with van der Waals surface area (Å²) < 4.78 is 21.2. The van der Waals surface area contributed by atoms with Crippen LogP contribution >= 0.6 is 11.8 Å². The smallest absolute Gasteiger partial charge is 0.315 e. The molecule has 2 aliphatic heterocycles. The molecule has 10 heteroatoms. The number of unbranched alkanes of at least 4 members (excludes halogenated alkanes) is 1. The molecule has 0 aliphatic carbocycles. The molecule has 3 atom stereocenters. The summed E-state index contributed by atoms with van der Waals surface area (Å²) in [6.45, 7) is 4.22. The van der Waals surface area contributed by atoms with Crippen LogP contribution in [0.4, 0.5) is 4.79 Å². The molecule has 176 valence electrons. The SMILES string of the molecule is C#CCOCCOCCOCCOCCNC(=O)CCCCC1SCC2NC(=O)NC21. The maximum absolute atomic E-state index is 11.9. The highest BCUT2D eigenvalue weighted by Crippen LogP contribution is 2.33. The minimum Gasteiger partial charge on any atom is -0.377 e. The number of hydrogen-bond donors (Lipinski definition) is 3. The molecule has 0 spiro atoms. The summed E-state index contributed by atoms with van der Waals surface area (Å²) in [5, 5.41) is 9.26. The van der Waals surface area contributed by atoms with Crippen LogP contribution in [-0.4, -0.2) is 94.4 Å². The Bertz CT molecular complexity index is 574. The Morgan fingerprint density at radius 3 is 2.42 bits per heavy atom. The fourth-order valence-electron chi connectivity index (χ4n) is 3.42. The molecule has 3 unspecified atom stereocenters. The Hall–Kier alpha value is -1.51. The van der Waals surface area contributed by atoms with Crippen LogP contribution in [-0.2, 0) is 23.7 Å². The number of thioether (sulfide) groups is 1. The summed E-state index contributed by atoms with van der Waals surface area (Å²) in [5.74, 6) is 3.41. The van der Waals surface area contributed by atoms with Gasteiger partial charge in [-0.05, 0) is 12.8 Å². The molecule has 2 rings (SSSR count). The second kappa shape index (κ2) is 16.2.